The largest absolute Gasteiger partial charge is 0.478 e. The molecule has 2 aromatic rings. The van der Waals surface area contributed by atoms with Crippen LogP contribution in [0.1, 0.15) is 45.8 Å². The normalized spacial score (nSPS) is 11.7. The number of hydrogen-bond acceptors (Lipinski definition) is 4. The van der Waals surface area contributed by atoms with Crippen molar-refractivity contribution in [3.63, 3.8) is 0 Å². The molecule has 6 heteroatoms. The van der Waals surface area contributed by atoms with Crippen molar-refractivity contribution in [2.45, 2.75) is 19.4 Å². The maximum absolute atomic E-state index is 11.3. The third kappa shape index (κ3) is 3.22. The Kier molecular flexibility index (Phi) is 4.73. The number of aromatic carboxylic acids is 2. The Morgan fingerprint density at radius 3 is 2.36 bits per heavy atom. The van der Waals surface area contributed by atoms with Crippen molar-refractivity contribution in [2.24, 2.45) is 0 Å². The van der Waals surface area contributed by atoms with Crippen LogP contribution in [0.5, 0.6) is 0 Å². The van der Waals surface area contributed by atoms with Gasteiger partial charge in [0.2, 0.25) is 0 Å². The monoisotopic (exact) mass is 300 g/mol. The smallest absolute Gasteiger partial charge is 0.356 e. The second-order valence-electron chi connectivity index (χ2n) is 4.71. The van der Waals surface area contributed by atoms with E-state index in [0.717, 1.165) is 5.56 Å². The Balaban J connectivity index is 2.46. The van der Waals surface area contributed by atoms with Crippen molar-refractivity contribution in [1.82, 2.24) is 4.98 Å². The first-order valence-electron chi connectivity index (χ1n) is 6.81. The molecule has 1 heterocycles. The molecule has 0 aliphatic carbocycles. The lowest BCUT2D eigenvalue weighted by Crippen LogP contribution is -2.17. The third-order valence-corrected chi connectivity index (χ3v) is 3.31. The molecule has 0 saturated heterocycles. The van der Waals surface area contributed by atoms with E-state index in [9.17, 15) is 19.8 Å². The summed E-state index contributed by atoms with van der Waals surface area (Å²) in [6.07, 6.45) is 1.85. The summed E-state index contributed by atoms with van der Waals surface area (Å²) < 4.78 is 0. The topological polar surface area (TPSA) is 99.5 Å². The van der Waals surface area contributed by atoms with Crippen molar-refractivity contribution >= 4 is 17.6 Å². The van der Waals surface area contributed by atoms with Crippen LogP contribution in [0.4, 0.5) is 5.69 Å². The molecule has 114 valence electrons. The van der Waals surface area contributed by atoms with E-state index in [-0.39, 0.29) is 23.0 Å². The maximum atomic E-state index is 11.3. The zero-order valence-electron chi connectivity index (χ0n) is 12.0. The summed E-state index contributed by atoms with van der Waals surface area (Å²) in [6.45, 7) is 1.93. The molecule has 0 fully saturated rings. The lowest BCUT2D eigenvalue weighted by atomic mass is 10.0. The second-order valence-corrected chi connectivity index (χ2v) is 4.71. The minimum absolute atomic E-state index is 0.0261. The van der Waals surface area contributed by atoms with Gasteiger partial charge in [0.15, 0.2) is 5.69 Å². The lowest BCUT2D eigenvalue weighted by molar-refractivity contribution is 0.0691. The minimum Gasteiger partial charge on any atom is -0.478 e. The molecule has 0 saturated carbocycles. The fourth-order valence-electron chi connectivity index (χ4n) is 2.23. The van der Waals surface area contributed by atoms with Gasteiger partial charge >= 0.3 is 11.9 Å². The zero-order chi connectivity index (χ0) is 16.1. The number of carbonyl (C=O) groups is 2. The fourth-order valence-corrected chi connectivity index (χ4v) is 2.23. The summed E-state index contributed by atoms with van der Waals surface area (Å²) in [5.74, 6) is -2.47. The molecule has 0 bridgehead atoms. The molecule has 1 aromatic carbocycles. The van der Waals surface area contributed by atoms with Crippen LogP contribution in [0.25, 0.3) is 0 Å². The number of carboxylic acids is 2. The van der Waals surface area contributed by atoms with Crippen molar-refractivity contribution in [3.8, 4) is 0 Å². The predicted octanol–water partition coefficient (Wildman–Crippen LogP) is 3.04. The van der Waals surface area contributed by atoms with E-state index < -0.39 is 11.9 Å². The van der Waals surface area contributed by atoms with E-state index in [1.165, 1.54) is 12.3 Å². The van der Waals surface area contributed by atoms with Gasteiger partial charge in [0.25, 0.3) is 0 Å². The molecule has 6 nitrogen and oxygen atoms in total. The molecular weight excluding hydrogens is 284 g/mol. The van der Waals surface area contributed by atoms with E-state index >= 15 is 0 Å². The fraction of sp³-hybridized carbons (Fsp3) is 0.188. The van der Waals surface area contributed by atoms with Gasteiger partial charge in [0, 0.05) is 6.20 Å². The van der Waals surface area contributed by atoms with E-state index in [0.29, 0.717) is 6.42 Å². The van der Waals surface area contributed by atoms with Crippen LogP contribution >= 0.6 is 0 Å². The number of pyridine rings is 1. The summed E-state index contributed by atoms with van der Waals surface area (Å²) in [4.78, 5) is 26.4. The Hall–Kier alpha value is -2.89. The molecule has 0 aliphatic rings. The highest BCUT2D eigenvalue weighted by Crippen LogP contribution is 2.27. The summed E-state index contributed by atoms with van der Waals surface area (Å²) in [7, 11) is 0. The minimum atomic E-state index is -1.27. The number of anilines is 1. The van der Waals surface area contributed by atoms with Gasteiger partial charge in [-0.15, -0.1) is 0 Å². The third-order valence-electron chi connectivity index (χ3n) is 3.31. The van der Waals surface area contributed by atoms with Crippen LogP contribution in [0, 0.1) is 0 Å². The van der Waals surface area contributed by atoms with Gasteiger partial charge in [-0.2, -0.15) is 0 Å². The molecule has 0 spiro atoms. The van der Waals surface area contributed by atoms with Gasteiger partial charge in [-0.3, -0.25) is 0 Å². The SMILES string of the molecule is CCC(Nc1c(C(=O)O)ccnc1C(=O)O)c1ccccc1. The van der Waals surface area contributed by atoms with Crippen LogP contribution in [-0.4, -0.2) is 27.1 Å². The molecule has 0 amide bonds. The van der Waals surface area contributed by atoms with E-state index in [4.69, 9.17) is 0 Å². The van der Waals surface area contributed by atoms with Crippen LogP contribution in [0.3, 0.4) is 0 Å². The average Bonchev–Trinajstić information content (AvgIpc) is 2.52. The molecular formula is C16H16N2O4. The summed E-state index contributed by atoms with van der Waals surface area (Å²) in [5.41, 5.74) is 0.566. The molecule has 1 atom stereocenters. The van der Waals surface area contributed by atoms with Gasteiger partial charge in [0.1, 0.15) is 0 Å². The van der Waals surface area contributed by atoms with Gasteiger partial charge < -0.3 is 15.5 Å². The number of nitrogens with one attached hydrogen (secondary N) is 1. The van der Waals surface area contributed by atoms with Crippen molar-refractivity contribution < 1.29 is 19.8 Å². The highest BCUT2D eigenvalue weighted by atomic mass is 16.4. The quantitative estimate of drug-likeness (QED) is 0.758. The zero-order valence-corrected chi connectivity index (χ0v) is 12.0. The number of benzene rings is 1. The highest BCUT2D eigenvalue weighted by Gasteiger charge is 2.22. The molecule has 1 aromatic heterocycles. The van der Waals surface area contributed by atoms with Gasteiger partial charge in [-0.05, 0) is 18.1 Å². The molecule has 0 aliphatic heterocycles. The summed E-state index contributed by atoms with van der Waals surface area (Å²) in [6, 6.07) is 10.5. The predicted molar refractivity (Wildman–Crippen MR) is 81.3 cm³/mol. The van der Waals surface area contributed by atoms with Gasteiger partial charge in [0.05, 0.1) is 17.3 Å². The van der Waals surface area contributed by atoms with E-state index in [2.05, 4.69) is 10.3 Å². The van der Waals surface area contributed by atoms with Crippen molar-refractivity contribution in [2.75, 3.05) is 5.32 Å². The number of carboxylic acid groups (broad SMARTS) is 2. The summed E-state index contributed by atoms with van der Waals surface area (Å²) in [5, 5.41) is 21.5. The first kappa shape index (κ1) is 15.5. The number of hydrogen-bond donors (Lipinski definition) is 3. The average molecular weight is 300 g/mol. The Labute approximate surface area is 127 Å². The molecule has 0 radical (unpaired) electrons. The van der Waals surface area contributed by atoms with E-state index in [1.807, 2.05) is 37.3 Å². The van der Waals surface area contributed by atoms with Crippen LogP contribution < -0.4 is 5.32 Å². The maximum Gasteiger partial charge on any atom is 0.356 e. The second kappa shape index (κ2) is 6.71. The molecule has 22 heavy (non-hydrogen) atoms. The summed E-state index contributed by atoms with van der Waals surface area (Å²) >= 11 is 0. The van der Waals surface area contributed by atoms with Gasteiger partial charge in [-0.25, -0.2) is 14.6 Å². The first-order chi connectivity index (χ1) is 10.5. The number of rotatable bonds is 6. The Morgan fingerprint density at radius 1 is 1.14 bits per heavy atom. The molecule has 2 rings (SSSR count). The highest BCUT2D eigenvalue weighted by molar-refractivity contribution is 6.01. The standard InChI is InChI=1S/C16H16N2O4/c1-2-12(10-6-4-3-5-7-10)18-13-11(15(19)20)8-9-17-14(13)16(21)22/h3-9,12,18H,2H2,1H3,(H,19,20)(H,21,22). The lowest BCUT2D eigenvalue weighted by Gasteiger charge is -2.21. The number of nitrogens with zero attached hydrogens (tertiary/aromatic N) is 1. The first-order valence-corrected chi connectivity index (χ1v) is 6.81. The van der Waals surface area contributed by atoms with Crippen molar-refractivity contribution in [3.05, 3.63) is 59.4 Å². The Morgan fingerprint density at radius 2 is 1.82 bits per heavy atom. The van der Waals surface area contributed by atoms with Crippen molar-refractivity contribution in [1.29, 1.82) is 0 Å². The molecule has 1 unspecified atom stereocenters. The van der Waals surface area contributed by atoms with Gasteiger partial charge in [-0.1, -0.05) is 37.3 Å². The van der Waals surface area contributed by atoms with Crippen LogP contribution in [-0.2, 0) is 0 Å². The number of aromatic nitrogens is 1. The van der Waals surface area contributed by atoms with E-state index in [1.54, 1.807) is 0 Å². The Bertz CT molecular complexity index is 654. The molecule has 3 N–H and O–H groups in total. The van der Waals surface area contributed by atoms with Crippen LogP contribution in [0.2, 0.25) is 0 Å². The van der Waals surface area contributed by atoms with Crippen LogP contribution in [0.15, 0.2) is 42.6 Å².